The second-order valence-corrected chi connectivity index (χ2v) is 8.68. The van der Waals surface area contributed by atoms with E-state index in [9.17, 15) is 19.8 Å². The first-order valence-electron chi connectivity index (χ1n) is 12.1. The molecule has 0 bridgehead atoms. The number of para-hydroxylation sites is 1. The molecule has 1 aliphatic rings. The van der Waals surface area contributed by atoms with E-state index in [2.05, 4.69) is 10.2 Å². The summed E-state index contributed by atoms with van der Waals surface area (Å²) < 4.78 is 10.9. The van der Waals surface area contributed by atoms with Gasteiger partial charge in [-0.3, -0.25) is 9.59 Å². The molecular formula is C28H31N3O6. The molecule has 1 fully saturated rings. The van der Waals surface area contributed by atoms with E-state index in [1.54, 1.807) is 55.6 Å². The van der Waals surface area contributed by atoms with Crippen molar-refractivity contribution in [3.63, 3.8) is 0 Å². The van der Waals surface area contributed by atoms with Crippen LogP contribution in [0.15, 0.2) is 78.9 Å². The smallest absolute Gasteiger partial charge is 0.254 e. The van der Waals surface area contributed by atoms with Crippen molar-refractivity contribution in [2.24, 2.45) is 0 Å². The summed E-state index contributed by atoms with van der Waals surface area (Å²) in [7, 11) is 1.60. The molecule has 0 aromatic heterocycles. The average molecular weight is 506 g/mol. The molecule has 4 rings (SSSR count). The van der Waals surface area contributed by atoms with E-state index < -0.39 is 24.0 Å². The monoisotopic (exact) mass is 505 g/mol. The van der Waals surface area contributed by atoms with E-state index in [0.29, 0.717) is 37.7 Å². The van der Waals surface area contributed by atoms with E-state index >= 15 is 0 Å². The maximum Gasteiger partial charge on any atom is 0.254 e. The number of nitrogens with one attached hydrogen (secondary N) is 1. The fourth-order valence-corrected chi connectivity index (χ4v) is 4.04. The number of piperazine rings is 1. The van der Waals surface area contributed by atoms with Crippen LogP contribution < -0.4 is 19.7 Å². The highest BCUT2D eigenvalue weighted by Gasteiger charge is 2.34. The van der Waals surface area contributed by atoms with Gasteiger partial charge in [-0.25, -0.2) is 0 Å². The van der Waals surface area contributed by atoms with Gasteiger partial charge < -0.3 is 34.8 Å². The minimum atomic E-state index is -1.86. The average Bonchev–Trinajstić information content (AvgIpc) is 2.96. The SMILES string of the molecule is COc1ccc(Oc2ccc(CNC(=O)[C@H](O)[C@@H](O)C(=O)N3CCN(c4ccccc4)CC3)cc2)cc1. The fourth-order valence-electron chi connectivity index (χ4n) is 4.04. The van der Waals surface area contributed by atoms with Crippen LogP contribution in [0.5, 0.6) is 17.2 Å². The maximum atomic E-state index is 12.7. The predicted octanol–water partition coefficient (Wildman–Crippen LogP) is 2.17. The third kappa shape index (κ3) is 6.78. The Hall–Kier alpha value is -4.08. The Morgan fingerprint density at radius 3 is 1.97 bits per heavy atom. The van der Waals surface area contributed by atoms with Crippen molar-refractivity contribution in [3.05, 3.63) is 84.4 Å². The number of amides is 2. The van der Waals surface area contributed by atoms with Gasteiger partial charge >= 0.3 is 0 Å². The molecule has 0 saturated carbocycles. The van der Waals surface area contributed by atoms with E-state index in [1.165, 1.54) is 4.90 Å². The third-order valence-corrected chi connectivity index (χ3v) is 6.22. The number of benzene rings is 3. The lowest BCUT2D eigenvalue weighted by Gasteiger charge is -2.37. The van der Waals surface area contributed by atoms with Gasteiger partial charge in [0.2, 0.25) is 0 Å². The number of nitrogens with zero attached hydrogens (tertiary/aromatic N) is 2. The van der Waals surface area contributed by atoms with Gasteiger partial charge in [0.1, 0.15) is 17.2 Å². The third-order valence-electron chi connectivity index (χ3n) is 6.22. The van der Waals surface area contributed by atoms with E-state index in [0.717, 1.165) is 17.0 Å². The molecule has 0 spiro atoms. The van der Waals surface area contributed by atoms with Crippen LogP contribution in [0.4, 0.5) is 5.69 Å². The summed E-state index contributed by atoms with van der Waals surface area (Å²) in [6, 6.07) is 24.1. The second kappa shape index (κ2) is 12.2. The van der Waals surface area contributed by atoms with Crippen molar-refractivity contribution in [1.82, 2.24) is 10.2 Å². The van der Waals surface area contributed by atoms with Crippen molar-refractivity contribution >= 4 is 17.5 Å². The first kappa shape index (κ1) is 26.0. The second-order valence-electron chi connectivity index (χ2n) is 8.68. The van der Waals surface area contributed by atoms with Gasteiger partial charge in [-0.1, -0.05) is 30.3 Å². The van der Waals surface area contributed by atoms with Crippen molar-refractivity contribution in [2.75, 3.05) is 38.2 Å². The minimum Gasteiger partial charge on any atom is -0.497 e. The zero-order valence-electron chi connectivity index (χ0n) is 20.6. The Morgan fingerprint density at radius 2 is 1.38 bits per heavy atom. The number of aliphatic hydroxyl groups excluding tert-OH is 2. The number of aliphatic hydroxyl groups is 2. The van der Waals surface area contributed by atoms with Crippen molar-refractivity contribution in [3.8, 4) is 17.2 Å². The molecule has 9 nitrogen and oxygen atoms in total. The summed E-state index contributed by atoms with van der Waals surface area (Å²) in [6.45, 7) is 2.11. The number of anilines is 1. The Morgan fingerprint density at radius 1 is 0.811 bits per heavy atom. The quantitative estimate of drug-likeness (QED) is 0.409. The summed E-state index contributed by atoms with van der Waals surface area (Å²) in [5.41, 5.74) is 1.83. The lowest BCUT2D eigenvalue weighted by molar-refractivity contribution is -0.153. The highest BCUT2D eigenvalue weighted by Crippen LogP contribution is 2.24. The number of carbonyl (C=O) groups is 2. The van der Waals surface area contributed by atoms with Gasteiger partial charge in [-0.2, -0.15) is 0 Å². The highest BCUT2D eigenvalue weighted by molar-refractivity contribution is 5.90. The summed E-state index contributed by atoms with van der Waals surface area (Å²) in [4.78, 5) is 28.7. The normalized spacial score (nSPS) is 15.0. The Bertz CT molecular complexity index is 1160. The predicted molar refractivity (Wildman–Crippen MR) is 139 cm³/mol. The largest absolute Gasteiger partial charge is 0.497 e. The number of hydrogen-bond donors (Lipinski definition) is 3. The van der Waals surface area contributed by atoms with Crippen LogP contribution in [0.3, 0.4) is 0 Å². The number of methoxy groups -OCH3 is 1. The van der Waals surface area contributed by atoms with Crippen LogP contribution in [0.1, 0.15) is 5.56 Å². The molecule has 37 heavy (non-hydrogen) atoms. The maximum absolute atomic E-state index is 12.7. The Labute approximate surface area is 215 Å². The number of carbonyl (C=O) groups excluding carboxylic acids is 2. The summed E-state index contributed by atoms with van der Waals surface area (Å²) in [5, 5.41) is 23.2. The van der Waals surface area contributed by atoms with Crippen molar-refractivity contribution in [2.45, 2.75) is 18.8 Å². The number of hydrogen-bond acceptors (Lipinski definition) is 7. The van der Waals surface area contributed by atoms with Crippen molar-refractivity contribution < 1.29 is 29.3 Å². The van der Waals surface area contributed by atoms with Crippen LogP contribution in [-0.2, 0) is 16.1 Å². The Balaban J connectivity index is 1.23. The minimum absolute atomic E-state index is 0.120. The van der Waals surface area contributed by atoms with E-state index in [-0.39, 0.29) is 6.54 Å². The molecule has 1 aliphatic heterocycles. The van der Waals surface area contributed by atoms with Crippen LogP contribution in [0.25, 0.3) is 0 Å². The van der Waals surface area contributed by atoms with E-state index in [4.69, 9.17) is 9.47 Å². The van der Waals surface area contributed by atoms with Crippen molar-refractivity contribution in [1.29, 1.82) is 0 Å². The standard InChI is InChI=1S/C28H31N3O6/c1-36-22-11-13-24(14-12-22)37-23-9-7-20(8-10-23)19-29-27(34)25(32)26(33)28(35)31-17-15-30(16-18-31)21-5-3-2-4-6-21/h2-14,25-26,32-33H,15-19H2,1H3,(H,29,34)/t25-,26-/m1/s1. The topological polar surface area (TPSA) is 112 Å². The molecule has 3 aromatic carbocycles. The van der Waals surface area contributed by atoms with Crippen LogP contribution >= 0.6 is 0 Å². The summed E-state index contributed by atoms with van der Waals surface area (Å²) in [5.74, 6) is 0.537. The van der Waals surface area contributed by atoms with Gasteiger partial charge in [0, 0.05) is 38.4 Å². The zero-order chi connectivity index (χ0) is 26.2. The lowest BCUT2D eigenvalue weighted by Crippen LogP contribution is -2.55. The molecule has 3 aromatic rings. The highest BCUT2D eigenvalue weighted by atomic mass is 16.5. The molecule has 0 radical (unpaired) electrons. The molecule has 0 aliphatic carbocycles. The molecule has 194 valence electrons. The first-order valence-corrected chi connectivity index (χ1v) is 12.1. The summed E-state index contributed by atoms with van der Waals surface area (Å²) in [6.07, 6.45) is -3.69. The van der Waals surface area contributed by atoms with Gasteiger partial charge in [-0.15, -0.1) is 0 Å². The molecule has 1 heterocycles. The van der Waals surface area contributed by atoms with Crippen LogP contribution in [-0.4, -0.2) is 72.4 Å². The number of ether oxygens (including phenoxy) is 2. The Kier molecular flexibility index (Phi) is 8.60. The fraction of sp³-hybridized carbons (Fsp3) is 0.286. The van der Waals surface area contributed by atoms with Crippen LogP contribution in [0.2, 0.25) is 0 Å². The molecule has 3 N–H and O–H groups in total. The molecule has 2 amide bonds. The first-order chi connectivity index (χ1) is 17.9. The zero-order valence-corrected chi connectivity index (χ0v) is 20.6. The molecular weight excluding hydrogens is 474 g/mol. The molecule has 9 heteroatoms. The summed E-state index contributed by atoms with van der Waals surface area (Å²) >= 11 is 0. The van der Waals surface area contributed by atoms with Gasteiger partial charge in [-0.05, 0) is 54.1 Å². The number of rotatable bonds is 9. The van der Waals surface area contributed by atoms with Crippen LogP contribution in [0, 0.1) is 0 Å². The van der Waals surface area contributed by atoms with Gasteiger partial charge in [0.05, 0.1) is 7.11 Å². The molecule has 2 atom stereocenters. The van der Waals surface area contributed by atoms with E-state index in [1.807, 2.05) is 30.3 Å². The lowest BCUT2D eigenvalue weighted by atomic mass is 10.1. The van der Waals surface area contributed by atoms with Gasteiger partial charge in [0.25, 0.3) is 11.8 Å². The molecule has 1 saturated heterocycles. The molecule has 0 unspecified atom stereocenters. The van der Waals surface area contributed by atoms with Gasteiger partial charge in [0.15, 0.2) is 12.2 Å².